The molecule has 5 nitrogen and oxygen atoms in total. The van der Waals surface area contributed by atoms with Crippen LogP contribution in [0.15, 0.2) is 6.33 Å². The quantitative estimate of drug-likeness (QED) is 0.840. The van der Waals surface area contributed by atoms with Crippen LogP contribution in [-0.2, 0) is 11.3 Å². The van der Waals surface area contributed by atoms with Gasteiger partial charge in [-0.05, 0) is 12.8 Å². The van der Waals surface area contributed by atoms with Gasteiger partial charge in [0, 0.05) is 18.8 Å². The molecule has 7 heteroatoms. The summed E-state index contributed by atoms with van der Waals surface area (Å²) in [7, 11) is 0. The predicted octanol–water partition coefficient (Wildman–Crippen LogP) is 1.25. The molecule has 0 unspecified atom stereocenters. The number of aromatic amines is 1. The molecule has 0 saturated heterocycles. The van der Waals surface area contributed by atoms with Crippen molar-refractivity contribution >= 4 is 5.91 Å². The fourth-order valence-electron chi connectivity index (χ4n) is 1.93. The van der Waals surface area contributed by atoms with Crippen molar-refractivity contribution in [3.8, 4) is 0 Å². The van der Waals surface area contributed by atoms with E-state index in [1.165, 1.54) is 6.33 Å². The van der Waals surface area contributed by atoms with Crippen LogP contribution in [0.25, 0.3) is 0 Å². The van der Waals surface area contributed by atoms with E-state index in [1.54, 1.807) is 0 Å². The number of nitrogens with zero attached hydrogens (tertiary/aromatic N) is 2. The lowest BCUT2D eigenvalue weighted by Crippen LogP contribution is -2.35. The summed E-state index contributed by atoms with van der Waals surface area (Å²) in [4.78, 5) is 15.5. The second kappa shape index (κ2) is 4.77. The zero-order chi connectivity index (χ0) is 12.3. The van der Waals surface area contributed by atoms with Crippen LogP contribution < -0.4 is 5.32 Å². The van der Waals surface area contributed by atoms with Crippen molar-refractivity contribution < 1.29 is 13.6 Å². The molecule has 0 aliphatic heterocycles. The molecule has 2 rings (SSSR count). The topological polar surface area (TPSA) is 70.7 Å². The fourth-order valence-corrected chi connectivity index (χ4v) is 1.93. The molecule has 0 spiro atoms. The number of carbonyl (C=O) groups is 1. The number of carbonyl (C=O) groups excluding carboxylic acids is 1. The normalized spacial score (nSPS) is 20.1. The minimum absolute atomic E-state index is 0.183. The Morgan fingerprint density at radius 1 is 1.53 bits per heavy atom. The number of H-pyrrole nitrogens is 1. The Kier molecular flexibility index (Phi) is 3.35. The Hall–Kier alpha value is -1.53. The molecule has 1 aliphatic carbocycles. The second-order valence-corrected chi connectivity index (χ2v) is 4.28. The number of amides is 1. The SMILES string of the molecule is O=C(NCc1ncn[nH]1)C1CCC(F)(F)CC1. The number of hydrogen-bond acceptors (Lipinski definition) is 3. The van der Waals surface area contributed by atoms with Gasteiger partial charge in [-0.25, -0.2) is 13.8 Å². The van der Waals surface area contributed by atoms with Gasteiger partial charge in [0.05, 0.1) is 6.54 Å². The largest absolute Gasteiger partial charge is 0.349 e. The van der Waals surface area contributed by atoms with Crippen molar-refractivity contribution in [1.82, 2.24) is 20.5 Å². The Morgan fingerprint density at radius 3 is 2.82 bits per heavy atom. The first-order valence-electron chi connectivity index (χ1n) is 5.57. The zero-order valence-electron chi connectivity index (χ0n) is 9.25. The molecule has 2 N–H and O–H groups in total. The summed E-state index contributed by atoms with van der Waals surface area (Å²) in [5.74, 6) is -2.53. The van der Waals surface area contributed by atoms with E-state index in [1.807, 2.05) is 0 Å². The van der Waals surface area contributed by atoms with Crippen molar-refractivity contribution in [2.45, 2.75) is 38.2 Å². The second-order valence-electron chi connectivity index (χ2n) is 4.28. The van der Waals surface area contributed by atoms with Gasteiger partial charge in [-0.15, -0.1) is 0 Å². The molecule has 1 amide bonds. The van der Waals surface area contributed by atoms with Gasteiger partial charge in [0.15, 0.2) is 0 Å². The van der Waals surface area contributed by atoms with Crippen LogP contribution in [0.2, 0.25) is 0 Å². The molecular weight excluding hydrogens is 230 g/mol. The highest BCUT2D eigenvalue weighted by molar-refractivity contribution is 5.78. The summed E-state index contributed by atoms with van der Waals surface area (Å²) in [6, 6.07) is 0. The van der Waals surface area contributed by atoms with E-state index in [0.29, 0.717) is 5.82 Å². The lowest BCUT2D eigenvalue weighted by molar-refractivity contribution is -0.129. The molecule has 0 aromatic carbocycles. The molecule has 0 bridgehead atoms. The van der Waals surface area contributed by atoms with Gasteiger partial charge in [0.1, 0.15) is 12.2 Å². The summed E-state index contributed by atoms with van der Waals surface area (Å²) in [6.07, 6.45) is 1.44. The Morgan fingerprint density at radius 2 is 2.24 bits per heavy atom. The number of rotatable bonds is 3. The summed E-state index contributed by atoms with van der Waals surface area (Å²) in [5.41, 5.74) is 0. The molecule has 1 heterocycles. The van der Waals surface area contributed by atoms with Crippen LogP contribution in [0.4, 0.5) is 8.78 Å². The smallest absolute Gasteiger partial charge is 0.248 e. The highest BCUT2D eigenvalue weighted by Crippen LogP contribution is 2.36. The van der Waals surface area contributed by atoms with E-state index in [-0.39, 0.29) is 44.1 Å². The van der Waals surface area contributed by atoms with Crippen LogP contribution in [0.1, 0.15) is 31.5 Å². The molecular formula is C10H14F2N4O. The van der Waals surface area contributed by atoms with Gasteiger partial charge in [-0.1, -0.05) is 0 Å². The third kappa shape index (κ3) is 3.21. The van der Waals surface area contributed by atoms with Crippen LogP contribution in [-0.4, -0.2) is 27.0 Å². The van der Waals surface area contributed by atoms with Gasteiger partial charge in [-0.3, -0.25) is 9.89 Å². The summed E-state index contributed by atoms with van der Waals surface area (Å²) in [6.45, 7) is 0.256. The molecule has 94 valence electrons. The molecule has 1 fully saturated rings. The number of alkyl halides is 2. The third-order valence-electron chi connectivity index (χ3n) is 2.98. The average molecular weight is 244 g/mol. The first-order chi connectivity index (χ1) is 8.07. The van der Waals surface area contributed by atoms with Crippen LogP contribution in [0.3, 0.4) is 0 Å². The van der Waals surface area contributed by atoms with E-state index in [4.69, 9.17) is 0 Å². The first kappa shape index (κ1) is 11.9. The van der Waals surface area contributed by atoms with Crippen LogP contribution >= 0.6 is 0 Å². The van der Waals surface area contributed by atoms with E-state index in [2.05, 4.69) is 20.5 Å². The van der Waals surface area contributed by atoms with Gasteiger partial charge in [0.2, 0.25) is 11.8 Å². The highest BCUT2D eigenvalue weighted by Gasteiger charge is 2.37. The minimum Gasteiger partial charge on any atom is -0.349 e. The van der Waals surface area contributed by atoms with Crippen molar-refractivity contribution in [2.24, 2.45) is 5.92 Å². The van der Waals surface area contributed by atoms with E-state index in [9.17, 15) is 13.6 Å². The third-order valence-corrected chi connectivity index (χ3v) is 2.98. The molecule has 1 saturated carbocycles. The summed E-state index contributed by atoms with van der Waals surface area (Å²) < 4.78 is 25.8. The van der Waals surface area contributed by atoms with Crippen molar-refractivity contribution in [3.05, 3.63) is 12.2 Å². The molecule has 1 aromatic rings. The van der Waals surface area contributed by atoms with Gasteiger partial charge in [0.25, 0.3) is 0 Å². The maximum Gasteiger partial charge on any atom is 0.248 e. The maximum absolute atomic E-state index is 12.9. The first-order valence-corrected chi connectivity index (χ1v) is 5.57. The number of nitrogens with one attached hydrogen (secondary N) is 2. The van der Waals surface area contributed by atoms with Gasteiger partial charge < -0.3 is 5.32 Å². The number of hydrogen-bond donors (Lipinski definition) is 2. The molecule has 17 heavy (non-hydrogen) atoms. The van der Waals surface area contributed by atoms with Crippen molar-refractivity contribution in [1.29, 1.82) is 0 Å². The standard InChI is InChI=1S/C10H14F2N4O/c11-10(12)3-1-7(2-4-10)9(17)13-5-8-14-6-15-16-8/h6-7H,1-5H2,(H,13,17)(H,14,15,16). The van der Waals surface area contributed by atoms with Crippen LogP contribution in [0.5, 0.6) is 0 Å². The van der Waals surface area contributed by atoms with Crippen LogP contribution in [0, 0.1) is 5.92 Å². The molecule has 0 atom stereocenters. The number of aromatic nitrogens is 3. The van der Waals surface area contributed by atoms with E-state index in [0.717, 1.165) is 0 Å². The monoisotopic (exact) mass is 244 g/mol. The van der Waals surface area contributed by atoms with E-state index < -0.39 is 5.92 Å². The van der Waals surface area contributed by atoms with Gasteiger partial charge in [-0.2, -0.15) is 5.10 Å². The lowest BCUT2D eigenvalue weighted by Gasteiger charge is -2.27. The Bertz CT molecular complexity index is 370. The molecule has 0 radical (unpaired) electrons. The maximum atomic E-state index is 12.9. The predicted molar refractivity (Wildman–Crippen MR) is 55.1 cm³/mol. The lowest BCUT2D eigenvalue weighted by atomic mass is 9.86. The molecule has 1 aromatic heterocycles. The summed E-state index contributed by atoms with van der Waals surface area (Å²) >= 11 is 0. The average Bonchev–Trinajstić information content (AvgIpc) is 2.78. The minimum atomic E-state index is -2.60. The van der Waals surface area contributed by atoms with Gasteiger partial charge >= 0.3 is 0 Å². The summed E-state index contributed by atoms with van der Waals surface area (Å²) in [5, 5.41) is 8.92. The highest BCUT2D eigenvalue weighted by atomic mass is 19.3. The zero-order valence-corrected chi connectivity index (χ0v) is 9.25. The Labute approximate surface area is 97.0 Å². The number of halogens is 2. The fraction of sp³-hybridized carbons (Fsp3) is 0.700. The van der Waals surface area contributed by atoms with Crippen molar-refractivity contribution in [2.75, 3.05) is 0 Å². The van der Waals surface area contributed by atoms with E-state index >= 15 is 0 Å². The van der Waals surface area contributed by atoms with Crippen molar-refractivity contribution in [3.63, 3.8) is 0 Å². The Balaban J connectivity index is 1.77. The molecule has 1 aliphatic rings.